The third-order valence-electron chi connectivity index (χ3n) is 7.80. The fourth-order valence-corrected chi connectivity index (χ4v) is 17.8. The van der Waals surface area contributed by atoms with Crippen molar-refractivity contribution in [2.75, 3.05) is 0 Å². The van der Waals surface area contributed by atoms with Gasteiger partial charge in [-0.2, -0.15) is 0 Å². The molecule has 0 aromatic heterocycles. The second-order valence-corrected chi connectivity index (χ2v) is 19.5. The maximum atomic E-state index is 2.44. The number of hydrogen-bond donors (Lipinski definition) is 0. The number of rotatable bonds is 9. The molecule has 0 amide bonds. The van der Waals surface area contributed by atoms with Crippen LogP contribution in [0.15, 0.2) is 200 Å². The van der Waals surface area contributed by atoms with Crippen molar-refractivity contribution in [1.29, 1.82) is 0 Å². The van der Waals surface area contributed by atoms with Crippen molar-refractivity contribution in [1.82, 2.24) is 0 Å². The first-order valence-corrected chi connectivity index (χ1v) is 20.7. The van der Waals surface area contributed by atoms with Crippen LogP contribution in [0.5, 0.6) is 0 Å². The molecule has 0 radical (unpaired) electrons. The molecule has 0 saturated heterocycles. The second kappa shape index (κ2) is 14.4. The molecule has 7 aromatic rings. The van der Waals surface area contributed by atoms with Crippen LogP contribution >= 0.6 is 15.8 Å². The van der Waals surface area contributed by atoms with Crippen molar-refractivity contribution in [2.45, 2.75) is 0 Å². The van der Waals surface area contributed by atoms with Crippen molar-refractivity contribution in [3.05, 3.63) is 200 Å². The Kier molecular flexibility index (Phi) is 9.47. The van der Waals surface area contributed by atoms with Crippen LogP contribution in [0, 0.1) is 0 Å². The van der Waals surface area contributed by atoms with Gasteiger partial charge in [0.1, 0.15) is 0 Å². The molecule has 0 aliphatic carbocycles. The van der Waals surface area contributed by atoms with Crippen molar-refractivity contribution in [3.8, 4) is 0 Å². The molecule has 3 heteroatoms. The molecule has 0 fully saturated rings. The Hall–Kier alpha value is -4.04. The Morgan fingerprint density at radius 2 is 0.533 bits per heavy atom. The summed E-state index contributed by atoms with van der Waals surface area (Å²) in [6.45, 7) is 0. The van der Waals surface area contributed by atoms with Gasteiger partial charge < -0.3 is 0 Å². The summed E-state index contributed by atoms with van der Waals surface area (Å²) in [6.07, 6.45) is 0. The minimum atomic E-state index is -2.06. The van der Waals surface area contributed by atoms with Gasteiger partial charge in [-0.3, -0.25) is 0 Å². The van der Waals surface area contributed by atoms with Crippen LogP contribution in [-0.2, 0) is 0 Å². The van der Waals surface area contributed by atoms with Gasteiger partial charge >= 0.3 is 276 Å². The van der Waals surface area contributed by atoms with Crippen LogP contribution < -0.4 is 44.9 Å². The van der Waals surface area contributed by atoms with E-state index in [4.69, 9.17) is 0 Å². The molecule has 7 aromatic carbocycles. The number of hydrogen-bond acceptors (Lipinski definition) is 0. The molecule has 0 unspecified atom stereocenters. The molecule has 0 N–H and O–H groups in total. The number of benzene rings is 7. The molecule has 216 valence electrons. The fraction of sp³-hybridized carbons (Fsp3) is 0. The third kappa shape index (κ3) is 6.52. The van der Waals surface area contributed by atoms with E-state index in [0.29, 0.717) is 0 Å². The monoisotopic (exact) mass is 674 g/mol. The van der Waals surface area contributed by atoms with E-state index in [0.717, 1.165) is 0 Å². The van der Waals surface area contributed by atoms with Crippen molar-refractivity contribution < 1.29 is 0 Å². The van der Waals surface area contributed by atoms with E-state index in [1.165, 1.54) is 44.9 Å². The molecule has 0 aliphatic rings. The Bertz CT molecular complexity index is 1740. The van der Waals surface area contributed by atoms with E-state index in [2.05, 4.69) is 200 Å². The molecule has 0 atom stereocenters. The van der Waals surface area contributed by atoms with Crippen molar-refractivity contribution >= 4 is 75.4 Å². The standard InChI is InChI=1S/C42H33AsP2/c1-6-20-34(21-7-1)43(39-30-16-18-32-41(39)44(35-22-8-2-9-23-35)36-24-10-3-11-25-36)40-31-17-19-33-42(40)45(37-26-12-4-13-27-37)38-28-14-5-15-29-38/h1-33H. The summed E-state index contributed by atoms with van der Waals surface area (Å²) < 4.78 is 4.48. The van der Waals surface area contributed by atoms with E-state index in [-0.39, 0.29) is 0 Å². The molecule has 0 aliphatic heterocycles. The van der Waals surface area contributed by atoms with Crippen LogP contribution in [0.25, 0.3) is 0 Å². The van der Waals surface area contributed by atoms with Crippen LogP contribution in [-0.4, -0.2) is 14.7 Å². The third-order valence-corrected chi connectivity index (χ3v) is 18.9. The second-order valence-electron chi connectivity index (χ2n) is 10.7. The molecule has 0 nitrogen and oxygen atoms in total. The summed E-state index contributed by atoms with van der Waals surface area (Å²) in [7, 11) is -1.50. The summed E-state index contributed by atoms with van der Waals surface area (Å²) in [5, 5.41) is 8.48. The van der Waals surface area contributed by atoms with Gasteiger partial charge in [0, 0.05) is 0 Å². The Morgan fingerprint density at radius 1 is 0.267 bits per heavy atom. The van der Waals surface area contributed by atoms with E-state index in [1.54, 1.807) is 0 Å². The molecule has 45 heavy (non-hydrogen) atoms. The Morgan fingerprint density at radius 3 is 0.867 bits per heavy atom. The quantitative estimate of drug-likeness (QED) is 0.136. The Balaban J connectivity index is 1.49. The zero-order valence-corrected chi connectivity index (χ0v) is 28.6. The van der Waals surface area contributed by atoms with Crippen molar-refractivity contribution in [2.24, 2.45) is 0 Å². The van der Waals surface area contributed by atoms with Gasteiger partial charge in [0.25, 0.3) is 0 Å². The molecule has 0 bridgehead atoms. The van der Waals surface area contributed by atoms with Gasteiger partial charge in [0.2, 0.25) is 0 Å². The summed E-state index contributed by atoms with van der Waals surface area (Å²) >= 11 is -2.06. The average Bonchev–Trinajstić information content (AvgIpc) is 3.12. The summed E-state index contributed by atoms with van der Waals surface area (Å²) in [6, 6.07) is 74.5. The molecule has 7 rings (SSSR count). The van der Waals surface area contributed by atoms with Crippen LogP contribution in [0.2, 0.25) is 0 Å². The molecule has 0 heterocycles. The maximum absolute atomic E-state index is 2.44. The molecule has 0 saturated carbocycles. The first kappa shape index (κ1) is 29.7. The predicted molar refractivity (Wildman–Crippen MR) is 201 cm³/mol. The topological polar surface area (TPSA) is 0 Å². The van der Waals surface area contributed by atoms with Gasteiger partial charge in [0.15, 0.2) is 0 Å². The van der Waals surface area contributed by atoms with E-state index >= 15 is 0 Å². The van der Waals surface area contributed by atoms with Gasteiger partial charge in [-0.15, -0.1) is 0 Å². The van der Waals surface area contributed by atoms with Gasteiger partial charge in [-0.1, -0.05) is 0 Å². The summed E-state index contributed by atoms with van der Waals surface area (Å²) in [4.78, 5) is 0. The zero-order chi connectivity index (χ0) is 30.3. The van der Waals surface area contributed by atoms with Crippen LogP contribution in [0.3, 0.4) is 0 Å². The first-order chi connectivity index (χ1) is 22.4. The van der Waals surface area contributed by atoms with Crippen LogP contribution in [0.4, 0.5) is 0 Å². The van der Waals surface area contributed by atoms with Gasteiger partial charge in [-0.05, 0) is 0 Å². The molecular formula is C42H33AsP2. The predicted octanol–water partition coefficient (Wildman–Crippen LogP) is 5.72. The zero-order valence-electron chi connectivity index (χ0n) is 24.9. The summed E-state index contributed by atoms with van der Waals surface area (Å²) in [5.41, 5.74) is 0. The van der Waals surface area contributed by atoms with Gasteiger partial charge in [0.05, 0.1) is 0 Å². The van der Waals surface area contributed by atoms with Gasteiger partial charge in [-0.25, -0.2) is 0 Å². The first-order valence-electron chi connectivity index (χ1n) is 15.2. The molecular weight excluding hydrogens is 641 g/mol. The van der Waals surface area contributed by atoms with E-state index in [1.807, 2.05) is 0 Å². The summed E-state index contributed by atoms with van der Waals surface area (Å²) in [5.74, 6) is 0. The van der Waals surface area contributed by atoms with Crippen molar-refractivity contribution in [3.63, 3.8) is 0 Å². The fourth-order valence-electron chi connectivity index (χ4n) is 5.83. The van der Waals surface area contributed by atoms with Crippen LogP contribution in [0.1, 0.15) is 0 Å². The van der Waals surface area contributed by atoms with E-state index in [9.17, 15) is 0 Å². The average molecular weight is 675 g/mol. The molecule has 0 spiro atoms. The minimum absolute atomic E-state index is 0.751. The Labute approximate surface area is 274 Å². The van der Waals surface area contributed by atoms with E-state index < -0.39 is 30.5 Å². The SMILES string of the molecule is c1ccc(P(c2ccccc2)c2ccccc2[As](c2ccccc2)c2ccccc2P(c2ccccc2)c2ccccc2)cc1. The normalized spacial score (nSPS) is 11.3.